The monoisotopic (exact) mass is 230 g/mol. The molecule has 86 valence electrons. The Hall–Kier alpha value is -2.10. The lowest BCUT2D eigenvalue weighted by Crippen LogP contribution is -2.38. The summed E-state index contributed by atoms with van der Waals surface area (Å²) in [5.74, 6) is -0.305. The quantitative estimate of drug-likeness (QED) is 0.685. The Morgan fingerprint density at radius 2 is 2.12 bits per heavy atom. The van der Waals surface area contributed by atoms with Crippen molar-refractivity contribution in [3.05, 3.63) is 29.8 Å². The second kappa shape index (κ2) is 2.97. The van der Waals surface area contributed by atoms with Crippen LogP contribution in [0, 0.1) is 0 Å². The average Bonchev–Trinajstić information content (AvgIpc) is 2.50. The molecule has 17 heavy (non-hydrogen) atoms. The number of carbonyl (C=O) groups is 2. The van der Waals surface area contributed by atoms with E-state index in [0.29, 0.717) is 5.75 Å². The predicted molar refractivity (Wildman–Crippen MR) is 59.7 cm³/mol. The third-order valence-electron chi connectivity index (χ3n) is 3.21. The number of phenols is 1. The molecular formula is C13H10O4. The molecule has 0 amide bonds. The van der Waals surface area contributed by atoms with Gasteiger partial charge in [0.1, 0.15) is 17.1 Å². The third-order valence-corrected chi connectivity index (χ3v) is 3.21. The van der Waals surface area contributed by atoms with Gasteiger partial charge >= 0.3 is 0 Å². The second-order valence-electron chi connectivity index (χ2n) is 4.54. The number of ketones is 2. The van der Waals surface area contributed by atoms with Crippen molar-refractivity contribution in [2.45, 2.75) is 18.9 Å². The minimum absolute atomic E-state index is 0.0487. The van der Waals surface area contributed by atoms with Gasteiger partial charge in [0.05, 0.1) is 6.42 Å². The van der Waals surface area contributed by atoms with Crippen LogP contribution in [0.15, 0.2) is 24.3 Å². The Kier molecular flexibility index (Phi) is 1.76. The van der Waals surface area contributed by atoms with Gasteiger partial charge in [-0.3, -0.25) is 9.59 Å². The van der Waals surface area contributed by atoms with E-state index in [4.69, 9.17) is 4.74 Å². The number of hydrogen-bond acceptors (Lipinski definition) is 4. The van der Waals surface area contributed by atoms with E-state index in [0.717, 1.165) is 11.1 Å². The molecule has 1 aromatic rings. The molecule has 1 unspecified atom stereocenters. The van der Waals surface area contributed by atoms with Crippen LogP contribution < -0.4 is 4.74 Å². The average molecular weight is 230 g/mol. The van der Waals surface area contributed by atoms with Gasteiger partial charge in [-0.15, -0.1) is 0 Å². The molecule has 1 aliphatic heterocycles. The summed E-state index contributed by atoms with van der Waals surface area (Å²) in [7, 11) is 0. The van der Waals surface area contributed by atoms with Gasteiger partial charge in [-0.25, -0.2) is 0 Å². The molecule has 0 radical (unpaired) electrons. The molecule has 1 aliphatic carbocycles. The number of Topliss-reactive ketones (excluding diaryl/α,β-unsaturated/α-hetero) is 1. The van der Waals surface area contributed by atoms with Crippen molar-refractivity contribution < 1.29 is 19.4 Å². The Balaban J connectivity index is 2.20. The molecule has 1 aromatic carbocycles. The molecule has 3 rings (SSSR count). The van der Waals surface area contributed by atoms with Gasteiger partial charge in [0.15, 0.2) is 0 Å². The molecular weight excluding hydrogens is 220 g/mol. The number of ether oxygens (including phenoxy) is 1. The van der Waals surface area contributed by atoms with Crippen LogP contribution in [0.3, 0.4) is 0 Å². The van der Waals surface area contributed by atoms with Crippen LogP contribution in [0.2, 0.25) is 0 Å². The van der Waals surface area contributed by atoms with Gasteiger partial charge in [-0.05, 0) is 25.1 Å². The van der Waals surface area contributed by atoms with Gasteiger partial charge < -0.3 is 9.84 Å². The maximum Gasteiger partial charge on any atom is 0.222 e. The van der Waals surface area contributed by atoms with Crippen LogP contribution in [0.25, 0.3) is 5.57 Å². The number of rotatable bonds is 0. The number of hydrogen-bond donors (Lipinski definition) is 1. The summed E-state index contributed by atoms with van der Waals surface area (Å²) in [6, 6.07) is 4.73. The van der Waals surface area contributed by atoms with E-state index < -0.39 is 17.2 Å². The van der Waals surface area contributed by atoms with Crippen LogP contribution in [-0.2, 0) is 9.59 Å². The first-order valence-electron chi connectivity index (χ1n) is 5.31. The Morgan fingerprint density at radius 1 is 1.35 bits per heavy atom. The molecule has 0 saturated heterocycles. The molecule has 1 heterocycles. The SMILES string of the molecule is CC12CC(=O)C(=O)C=C1c1ccc(O)cc1O2. The van der Waals surface area contributed by atoms with Gasteiger partial charge in [-0.2, -0.15) is 0 Å². The summed E-state index contributed by atoms with van der Waals surface area (Å²) in [4.78, 5) is 22.9. The van der Waals surface area contributed by atoms with E-state index in [2.05, 4.69) is 0 Å². The van der Waals surface area contributed by atoms with E-state index in [1.807, 2.05) is 0 Å². The number of carbonyl (C=O) groups excluding carboxylic acids is 2. The number of fused-ring (bicyclic) bond motifs is 3. The fourth-order valence-corrected chi connectivity index (χ4v) is 2.37. The van der Waals surface area contributed by atoms with Crippen LogP contribution in [0.4, 0.5) is 0 Å². The first kappa shape index (κ1) is 10.1. The minimum atomic E-state index is -0.777. The topological polar surface area (TPSA) is 63.6 Å². The lowest BCUT2D eigenvalue weighted by molar-refractivity contribution is -0.135. The largest absolute Gasteiger partial charge is 0.508 e. The molecule has 1 N–H and O–H groups in total. The second-order valence-corrected chi connectivity index (χ2v) is 4.54. The zero-order chi connectivity index (χ0) is 12.2. The predicted octanol–water partition coefficient (Wildman–Crippen LogP) is 1.47. The highest BCUT2D eigenvalue weighted by Crippen LogP contribution is 2.48. The highest BCUT2D eigenvalue weighted by atomic mass is 16.5. The smallest absolute Gasteiger partial charge is 0.222 e. The lowest BCUT2D eigenvalue weighted by atomic mass is 9.82. The van der Waals surface area contributed by atoms with Crippen molar-refractivity contribution in [2.24, 2.45) is 0 Å². The normalized spacial score (nSPS) is 26.1. The molecule has 2 aliphatic rings. The Morgan fingerprint density at radius 3 is 2.88 bits per heavy atom. The molecule has 4 nitrogen and oxygen atoms in total. The molecule has 1 atom stereocenters. The number of aromatic hydroxyl groups is 1. The van der Waals surface area contributed by atoms with Crippen molar-refractivity contribution in [3.63, 3.8) is 0 Å². The number of phenolic OH excluding ortho intramolecular Hbond substituents is 1. The summed E-state index contributed by atoms with van der Waals surface area (Å²) >= 11 is 0. The Bertz CT molecular complexity index is 585. The van der Waals surface area contributed by atoms with Gasteiger partial charge in [0.25, 0.3) is 0 Å². The number of benzene rings is 1. The van der Waals surface area contributed by atoms with Gasteiger partial charge in [0.2, 0.25) is 11.6 Å². The molecule has 0 saturated carbocycles. The van der Waals surface area contributed by atoms with Crippen LogP contribution in [0.5, 0.6) is 11.5 Å². The maximum absolute atomic E-state index is 11.4. The van der Waals surface area contributed by atoms with Crippen molar-refractivity contribution >= 4 is 17.1 Å². The number of allylic oxidation sites excluding steroid dienone is 1. The molecule has 0 bridgehead atoms. The summed E-state index contributed by atoms with van der Waals surface area (Å²) in [6.45, 7) is 1.78. The third kappa shape index (κ3) is 1.30. The highest BCUT2D eigenvalue weighted by molar-refractivity contribution is 6.44. The van der Waals surface area contributed by atoms with Crippen molar-refractivity contribution in [3.8, 4) is 11.5 Å². The molecule has 0 fully saturated rings. The lowest BCUT2D eigenvalue weighted by Gasteiger charge is -2.27. The fourth-order valence-electron chi connectivity index (χ4n) is 2.37. The summed E-state index contributed by atoms with van der Waals surface area (Å²) in [5, 5.41) is 9.38. The summed E-state index contributed by atoms with van der Waals surface area (Å²) in [5.41, 5.74) is 0.712. The zero-order valence-electron chi connectivity index (χ0n) is 9.19. The van der Waals surface area contributed by atoms with E-state index >= 15 is 0 Å². The first-order valence-corrected chi connectivity index (χ1v) is 5.31. The van der Waals surface area contributed by atoms with Crippen molar-refractivity contribution in [2.75, 3.05) is 0 Å². The van der Waals surface area contributed by atoms with Crippen LogP contribution in [0.1, 0.15) is 18.9 Å². The van der Waals surface area contributed by atoms with E-state index in [1.165, 1.54) is 18.2 Å². The zero-order valence-corrected chi connectivity index (χ0v) is 9.19. The fraction of sp³-hybridized carbons (Fsp3) is 0.231. The Labute approximate surface area is 97.5 Å². The molecule has 0 spiro atoms. The highest BCUT2D eigenvalue weighted by Gasteiger charge is 2.46. The van der Waals surface area contributed by atoms with Crippen molar-refractivity contribution in [1.82, 2.24) is 0 Å². The van der Waals surface area contributed by atoms with E-state index in [1.54, 1.807) is 13.0 Å². The van der Waals surface area contributed by atoms with Crippen LogP contribution >= 0.6 is 0 Å². The molecule has 4 heteroatoms. The first-order chi connectivity index (χ1) is 7.99. The van der Waals surface area contributed by atoms with Crippen molar-refractivity contribution in [1.29, 1.82) is 0 Å². The van der Waals surface area contributed by atoms with E-state index in [-0.39, 0.29) is 12.2 Å². The van der Waals surface area contributed by atoms with Gasteiger partial charge in [0, 0.05) is 17.2 Å². The van der Waals surface area contributed by atoms with Crippen LogP contribution in [-0.4, -0.2) is 22.3 Å². The minimum Gasteiger partial charge on any atom is -0.508 e. The van der Waals surface area contributed by atoms with E-state index in [9.17, 15) is 14.7 Å². The van der Waals surface area contributed by atoms with Gasteiger partial charge in [-0.1, -0.05) is 0 Å². The standard InChI is InChI=1S/C13H10O4/c1-13-6-11(16)10(15)5-9(13)8-3-2-7(14)4-12(8)17-13/h2-5,14H,6H2,1H3. The summed E-state index contributed by atoms with van der Waals surface area (Å²) < 4.78 is 5.70. The maximum atomic E-state index is 11.4. The molecule has 0 aromatic heterocycles. The summed E-state index contributed by atoms with van der Waals surface area (Å²) in [6.07, 6.45) is 1.39.